The second-order valence-corrected chi connectivity index (χ2v) is 14.5. The molecular formula is C48H24N8Ni. The number of rotatable bonds is 0. The van der Waals surface area contributed by atoms with Crippen molar-refractivity contribution in [3.63, 3.8) is 0 Å². The first-order chi connectivity index (χ1) is 27.7. The molecule has 3 aromatic heterocycles. The van der Waals surface area contributed by atoms with Crippen LogP contribution < -0.4 is 9.97 Å². The van der Waals surface area contributed by atoms with E-state index in [0.717, 1.165) is 86.9 Å². The quantitative estimate of drug-likeness (QED) is 0.140. The first-order valence-electron chi connectivity index (χ1n) is 18.5. The largest absolute Gasteiger partial charge is 2.00 e. The van der Waals surface area contributed by atoms with Crippen LogP contribution in [0.15, 0.2) is 146 Å². The van der Waals surface area contributed by atoms with Crippen LogP contribution in [0.5, 0.6) is 0 Å². The Labute approximate surface area is 333 Å². The molecule has 57 heavy (non-hydrogen) atoms. The van der Waals surface area contributed by atoms with Crippen molar-refractivity contribution < 1.29 is 16.5 Å². The molecule has 5 heterocycles. The summed E-state index contributed by atoms with van der Waals surface area (Å²) in [5, 5.41) is 12.2. The molecular weight excluding hydrogens is 747 g/mol. The Balaban J connectivity index is 0.00000356. The number of fused-ring (bicyclic) bond motifs is 24. The van der Waals surface area contributed by atoms with Gasteiger partial charge in [-0.1, -0.05) is 97.1 Å². The third-order valence-corrected chi connectivity index (χ3v) is 11.2. The molecule has 0 spiro atoms. The molecule has 13 rings (SSSR count). The zero-order valence-corrected chi connectivity index (χ0v) is 30.7. The van der Waals surface area contributed by atoms with E-state index in [2.05, 4.69) is 97.1 Å². The third-order valence-electron chi connectivity index (χ3n) is 11.2. The zero-order chi connectivity index (χ0) is 36.5. The monoisotopic (exact) mass is 770 g/mol. The van der Waals surface area contributed by atoms with Gasteiger partial charge < -0.3 is 29.9 Å². The molecule has 11 aromatic rings. The number of benzene rings is 8. The van der Waals surface area contributed by atoms with Gasteiger partial charge in [-0.3, -0.25) is 0 Å². The average molecular weight is 771 g/mol. The van der Waals surface area contributed by atoms with Crippen LogP contribution in [0.25, 0.3) is 133 Å². The van der Waals surface area contributed by atoms with Gasteiger partial charge in [0.05, 0.1) is 23.3 Å². The first-order valence-corrected chi connectivity index (χ1v) is 18.5. The fourth-order valence-corrected chi connectivity index (χ4v) is 8.41. The average Bonchev–Trinajstić information content (AvgIpc) is 3.95. The molecule has 0 aliphatic carbocycles. The maximum atomic E-state index is 5.24. The summed E-state index contributed by atoms with van der Waals surface area (Å²) >= 11 is 0. The second-order valence-electron chi connectivity index (χ2n) is 14.5. The summed E-state index contributed by atoms with van der Waals surface area (Å²) in [5.74, 6) is 2.14. The topological polar surface area (TPSA) is 106 Å². The normalized spacial score (nSPS) is 12.1. The predicted molar refractivity (Wildman–Crippen MR) is 224 cm³/mol. The van der Waals surface area contributed by atoms with Crippen molar-refractivity contribution >= 4 is 87.2 Å². The molecule has 0 fully saturated rings. The Morgan fingerprint density at radius 3 is 0.702 bits per heavy atom. The van der Waals surface area contributed by atoms with Crippen molar-refractivity contribution in [3.05, 3.63) is 146 Å². The first kappa shape index (κ1) is 31.9. The van der Waals surface area contributed by atoms with Gasteiger partial charge in [-0.05, 0) is 113 Å². The molecule has 0 radical (unpaired) electrons. The van der Waals surface area contributed by atoms with Crippen LogP contribution in [0.3, 0.4) is 0 Å². The summed E-state index contributed by atoms with van der Waals surface area (Å²) in [7, 11) is 0. The molecule has 0 N–H and O–H groups in total. The molecule has 0 saturated heterocycles. The smallest absolute Gasteiger partial charge is 0.357 e. The summed E-state index contributed by atoms with van der Waals surface area (Å²) < 4.78 is 0. The van der Waals surface area contributed by atoms with E-state index in [0.29, 0.717) is 45.9 Å². The van der Waals surface area contributed by atoms with E-state index in [1.54, 1.807) is 0 Å². The number of aromatic nitrogens is 8. The minimum atomic E-state index is 0. The van der Waals surface area contributed by atoms with E-state index in [1.807, 2.05) is 48.5 Å². The molecule has 0 amide bonds. The molecule has 0 unspecified atom stereocenters. The van der Waals surface area contributed by atoms with Crippen LogP contribution in [0.2, 0.25) is 0 Å². The van der Waals surface area contributed by atoms with Crippen LogP contribution >= 0.6 is 0 Å². The summed E-state index contributed by atoms with van der Waals surface area (Å²) in [4.78, 5) is 41.6. The maximum absolute atomic E-state index is 5.24. The van der Waals surface area contributed by atoms with Gasteiger partial charge in [-0.15, -0.1) is 0 Å². The SMILES string of the molecule is [Ni+2].c1ccc2cc3c(cc2c1)-c1nc-3nc2[n-]c(nc3nc(nc4[n-]c(n1)c1cc5ccccc5cc41)-c1cc4ccccc4cc1-3)c1cc3ccccc3cc21. The van der Waals surface area contributed by atoms with Crippen LogP contribution in [-0.2, 0) is 16.5 Å². The minimum Gasteiger partial charge on any atom is -0.357 e. The van der Waals surface area contributed by atoms with E-state index in [1.165, 1.54) is 0 Å². The molecule has 2 aliphatic rings. The predicted octanol–water partition coefficient (Wildman–Crippen LogP) is 10.7. The van der Waals surface area contributed by atoms with E-state index < -0.39 is 0 Å². The Hall–Kier alpha value is -7.35. The van der Waals surface area contributed by atoms with Crippen molar-refractivity contribution in [2.24, 2.45) is 0 Å². The molecule has 8 nitrogen and oxygen atoms in total. The summed E-state index contributed by atoms with van der Waals surface area (Å²) in [6.07, 6.45) is 0. The Kier molecular flexibility index (Phi) is 6.63. The van der Waals surface area contributed by atoms with Gasteiger partial charge in [0.25, 0.3) is 0 Å². The Morgan fingerprint density at radius 1 is 0.263 bits per heavy atom. The molecule has 0 atom stereocenters. The van der Waals surface area contributed by atoms with Crippen molar-refractivity contribution in [2.75, 3.05) is 0 Å². The van der Waals surface area contributed by atoms with E-state index >= 15 is 0 Å². The maximum Gasteiger partial charge on any atom is 2.00 e. The second kappa shape index (κ2) is 11.8. The van der Waals surface area contributed by atoms with Gasteiger partial charge in [-0.25, -0.2) is 9.97 Å². The number of hydrogen-bond acceptors (Lipinski definition) is 6. The van der Waals surface area contributed by atoms with Crippen LogP contribution in [0.4, 0.5) is 0 Å². The van der Waals surface area contributed by atoms with Crippen LogP contribution in [0, 0.1) is 0 Å². The zero-order valence-electron chi connectivity index (χ0n) is 29.8. The Bertz CT molecular complexity index is 3260. The van der Waals surface area contributed by atoms with Gasteiger partial charge in [0.1, 0.15) is 0 Å². The molecule has 0 saturated carbocycles. The van der Waals surface area contributed by atoms with Crippen LogP contribution in [0.1, 0.15) is 0 Å². The van der Waals surface area contributed by atoms with Gasteiger partial charge in [0, 0.05) is 44.8 Å². The molecule has 8 aromatic carbocycles. The van der Waals surface area contributed by atoms with E-state index in [9.17, 15) is 0 Å². The van der Waals surface area contributed by atoms with Crippen molar-refractivity contribution in [3.8, 4) is 45.6 Å². The standard InChI is InChI=1S/C48H24N8.Ni/c1-2-10-26-18-34-33(17-25(26)9-1)41-49-42(34)54-44-37-21-29-13-5-6-14-30(29)22-38(37)46(51-44)56-48-40-24-32-16-8-7-15-31(32)23-39(40)47(52-48)55-45-36-20-28-12-4-3-11-27(28)19-35(36)43(50-45)53-41;/h1-24H;/q-2;+2. The number of nitrogens with zero attached hydrogens (tertiary/aromatic N) is 8. The summed E-state index contributed by atoms with van der Waals surface area (Å²) in [6, 6.07) is 50.4. The Morgan fingerprint density at radius 2 is 0.474 bits per heavy atom. The summed E-state index contributed by atoms with van der Waals surface area (Å²) in [6.45, 7) is 0. The van der Waals surface area contributed by atoms with Crippen molar-refractivity contribution in [1.29, 1.82) is 0 Å². The molecule has 8 bridgehead atoms. The molecule has 2 aliphatic heterocycles. The van der Waals surface area contributed by atoms with E-state index in [4.69, 9.17) is 39.9 Å². The fourth-order valence-electron chi connectivity index (χ4n) is 8.41. The van der Waals surface area contributed by atoms with Crippen molar-refractivity contribution in [1.82, 2.24) is 39.9 Å². The fraction of sp³-hybridized carbons (Fsp3) is 0. The molecule has 9 heteroatoms. The van der Waals surface area contributed by atoms with Gasteiger partial charge in [0.2, 0.25) is 0 Å². The van der Waals surface area contributed by atoms with Crippen molar-refractivity contribution in [2.45, 2.75) is 0 Å². The van der Waals surface area contributed by atoms with Gasteiger partial charge >= 0.3 is 16.5 Å². The third kappa shape index (κ3) is 4.79. The summed E-state index contributed by atoms with van der Waals surface area (Å²) in [5.41, 5.74) is 5.67. The van der Waals surface area contributed by atoms with Crippen LogP contribution in [-0.4, -0.2) is 29.9 Å². The van der Waals surface area contributed by atoms with Gasteiger partial charge in [0.15, 0.2) is 0 Å². The number of hydrogen-bond donors (Lipinski definition) is 0. The molecule has 266 valence electrons. The minimum absolute atomic E-state index is 0. The van der Waals surface area contributed by atoms with E-state index in [-0.39, 0.29) is 16.5 Å². The van der Waals surface area contributed by atoms with Gasteiger partial charge in [-0.2, -0.15) is 0 Å².